The van der Waals surface area contributed by atoms with E-state index in [1.54, 1.807) is 5.57 Å². The van der Waals surface area contributed by atoms with E-state index < -0.39 is 0 Å². The summed E-state index contributed by atoms with van der Waals surface area (Å²) in [6.45, 7) is 4.54. The quantitative estimate of drug-likeness (QED) is 0.735. The molecule has 2 nitrogen and oxygen atoms in total. The maximum Gasteiger partial charge on any atom is 0.156 e. The molecule has 0 radical (unpaired) electrons. The summed E-state index contributed by atoms with van der Waals surface area (Å²) in [7, 11) is 0. The number of hydrogen-bond acceptors (Lipinski definition) is 2. The van der Waals surface area contributed by atoms with Crippen molar-refractivity contribution in [2.75, 3.05) is 0 Å². The lowest BCUT2D eigenvalue weighted by Gasteiger charge is -2.48. The van der Waals surface area contributed by atoms with Gasteiger partial charge in [0.25, 0.3) is 0 Å². The molecule has 0 bridgehead atoms. The molecule has 0 aromatic carbocycles. The van der Waals surface area contributed by atoms with Gasteiger partial charge in [-0.15, -0.1) is 0 Å². The molecule has 5 atom stereocenters. The minimum Gasteiger partial charge on any atom is -0.392 e. The van der Waals surface area contributed by atoms with Crippen molar-refractivity contribution in [1.29, 1.82) is 0 Å². The summed E-state index contributed by atoms with van der Waals surface area (Å²) in [5, 5.41) is 10.6. The van der Waals surface area contributed by atoms with Crippen molar-refractivity contribution in [2.24, 2.45) is 23.2 Å². The summed E-state index contributed by atoms with van der Waals surface area (Å²) >= 11 is 0. The largest absolute Gasteiger partial charge is 0.392 e. The highest BCUT2D eigenvalue weighted by molar-refractivity contribution is 5.93. The van der Waals surface area contributed by atoms with E-state index in [4.69, 9.17) is 0 Å². The zero-order valence-electron chi connectivity index (χ0n) is 13.2. The fourth-order valence-electron chi connectivity index (χ4n) is 5.87. The van der Waals surface area contributed by atoms with Crippen LogP contribution in [-0.4, -0.2) is 17.0 Å². The van der Waals surface area contributed by atoms with E-state index in [9.17, 15) is 9.90 Å². The van der Waals surface area contributed by atoms with Gasteiger partial charge in [0.15, 0.2) is 5.78 Å². The van der Waals surface area contributed by atoms with Gasteiger partial charge in [-0.25, -0.2) is 0 Å². The number of carbonyl (C=O) groups excluding carboxylic acids is 1. The number of aliphatic hydroxyl groups excluding tert-OH is 1. The van der Waals surface area contributed by atoms with E-state index in [0.29, 0.717) is 30.0 Å². The lowest BCUT2D eigenvalue weighted by atomic mass is 9.57. The van der Waals surface area contributed by atoms with Crippen LogP contribution in [-0.2, 0) is 4.79 Å². The predicted octanol–water partition coefficient (Wildman–Crippen LogP) is 3.80. The van der Waals surface area contributed by atoms with E-state index in [1.165, 1.54) is 24.0 Å². The topological polar surface area (TPSA) is 37.3 Å². The Kier molecular flexibility index (Phi) is 2.98. The molecule has 0 unspecified atom stereocenters. The highest BCUT2D eigenvalue weighted by Gasteiger charge is 2.55. The van der Waals surface area contributed by atoms with E-state index in [2.05, 4.69) is 13.8 Å². The fourth-order valence-corrected chi connectivity index (χ4v) is 5.87. The molecule has 0 saturated heterocycles. The van der Waals surface area contributed by atoms with Crippen LogP contribution in [0.1, 0.15) is 58.8 Å². The van der Waals surface area contributed by atoms with E-state index in [-0.39, 0.29) is 11.5 Å². The first-order chi connectivity index (χ1) is 10.0. The molecule has 2 saturated carbocycles. The van der Waals surface area contributed by atoms with Crippen molar-refractivity contribution in [3.8, 4) is 0 Å². The van der Waals surface area contributed by atoms with Gasteiger partial charge in [-0.05, 0) is 78.9 Å². The summed E-state index contributed by atoms with van der Waals surface area (Å²) in [5.74, 6) is 2.08. The highest BCUT2D eigenvalue weighted by Crippen LogP contribution is 2.61. The van der Waals surface area contributed by atoms with E-state index in [1.807, 2.05) is 6.08 Å². The van der Waals surface area contributed by atoms with E-state index >= 15 is 0 Å². The minimum absolute atomic E-state index is 0.125. The van der Waals surface area contributed by atoms with Crippen LogP contribution < -0.4 is 0 Å². The molecule has 4 rings (SSSR count). The molecule has 0 amide bonds. The number of hydrogen-bond donors (Lipinski definition) is 1. The van der Waals surface area contributed by atoms with Gasteiger partial charge in [-0.3, -0.25) is 4.79 Å². The Labute approximate surface area is 127 Å². The smallest absolute Gasteiger partial charge is 0.156 e. The van der Waals surface area contributed by atoms with Crippen molar-refractivity contribution in [3.63, 3.8) is 0 Å². The first-order valence-electron chi connectivity index (χ1n) is 8.64. The number of carbonyl (C=O) groups is 1. The van der Waals surface area contributed by atoms with Crippen LogP contribution in [0, 0.1) is 23.2 Å². The molecule has 21 heavy (non-hydrogen) atoms. The van der Waals surface area contributed by atoms with Crippen LogP contribution >= 0.6 is 0 Å². The Hall–Kier alpha value is -0.890. The van der Waals surface area contributed by atoms with Crippen molar-refractivity contribution in [3.05, 3.63) is 22.8 Å². The summed E-state index contributed by atoms with van der Waals surface area (Å²) < 4.78 is 0. The van der Waals surface area contributed by atoms with Gasteiger partial charge >= 0.3 is 0 Å². The third kappa shape index (κ3) is 1.84. The van der Waals surface area contributed by atoms with Crippen LogP contribution in [0.15, 0.2) is 22.8 Å². The maximum atomic E-state index is 11.7. The van der Waals surface area contributed by atoms with Gasteiger partial charge in [0.05, 0.1) is 6.10 Å². The highest BCUT2D eigenvalue weighted by atomic mass is 16.3. The second-order valence-corrected chi connectivity index (χ2v) is 8.05. The van der Waals surface area contributed by atoms with Gasteiger partial charge in [0.2, 0.25) is 0 Å². The van der Waals surface area contributed by atoms with Crippen LogP contribution in [0.5, 0.6) is 0 Å². The number of allylic oxidation sites excluding steroid dienone is 4. The first-order valence-corrected chi connectivity index (χ1v) is 8.64. The van der Waals surface area contributed by atoms with Gasteiger partial charge in [-0.2, -0.15) is 0 Å². The molecule has 4 aliphatic rings. The minimum atomic E-state index is -0.126. The molecule has 114 valence electrons. The molecule has 1 N–H and O–H groups in total. The van der Waals surface area contributed by atoms with Gasteiger partial charge in [0, 0.05) is 6.42 Å². The molecule has 0 aromatic rings. The molecule has 0 aliphatic heterocycles. The fraction of sp³-hybridized carbons (Fsp3) is 0.737. The van der Waals surface area contributed by atoms with Crippen LogP contribution in [0.25, 0.3) is 0 Å². The predicted molar refractivity (Wildman–Crippen MR) is 82.7 cm³/mol. The average molecular weight is 286 g/mol. The number of rotatable bonds is 0. The summed E-state index contributed by atoms with van der Waals surface area (Å²) in [6, 6.07) is 0. The summed E-state index contributed by atoms with van der Waals surface area (Å²) in [4.78, 5) is 11.7. The van der Waals surface area contributed by atoms with Gasteiger partial charge in [0.1, 0.15) is 0 Å². The Morgan fingerprint density at radius 3 is 2.86 bits per heavy atom. The first kappa shape index (κ1) is 13.8. The maximum absolute atomic E-state index is 11.7. The third-order valence-electron chi connectivity index (χ3n) is 7.01. The lowest BCUT2D eigenvalue weighted by molar-refractivity contribution is -0.114. The lowest BCUT2D eigenvalue weighted by Crippen LogP contribution is -2.42. The SMILES string of the molecule is C[C@@H]1C[C@H]2[C@@H]3CCC4=CC(=O)CCC4=C3CC[C@]2(C)[C@H]1O. The number of aliphatic hydroxyl groups is 1. The molecule has 2 heteroatoms. The molecule has 4 aliphatic carbocycles. The molecular weight excluding hydrogens is 260 g/mol. The van der Waals surface area contributed by atoms with Crippen molar-refractivity contribution < 1.29 is 9.90 Å². The summed E-state index contributed by atoms with van der Waals surface area (Å²) in [5.41, 5.74) is 4.65. The molecule has 0 heterocycles. The van der Waals surface area contributed by atoms with Crippen LogP contribution in [0.4, 0.5) is 0 Å². The van der Waals surface area contributed by atoms with Crippen LogP contribution in [0.2, 0.25) is 0 Å². The van der Waals surface area contributed by atoms with E-state index in [0.717, 1.165) is 25.7 Å². The number of ketones is 1. The average Bonchev–Trinajstić information content (AvgIpc) is 2.70. The molecule has 0 spiro atoms. The van der Waals surface area contributed by atoms with Crippen molar-refractivity contribution in [1.82, 2.24) is 0 Å². The second kappa shape index (κ2) is 4.55. The molecule has 2 fully saturated rings. The monoisotopic (exact) mass is 286 g/mol. The van der Waals surface area contributed by atoms with Crippen LogP contribution in [0.3, 0.4) is 0 Å². The zero-order valence-corrected chi connectivity index (χ0v) is 13.2. The Morgan fingerprint density at radius 2 is 2.05 bits per heavy atom. The zero-order chi connectivity index (χ0) is 14.8. The Balaban J connectivity index is 1.74. The van der Waals surface area contributed by atoms with Gasteiger partial charge < -0.3 is 5.11 Å². The Morgan fingerprint density at radius 1 is 1.24 bits per heavy atom. The van der Waals surface area contributed by atoms with Gasteiger partial charge in [-0.1, -0.05) is 19.4 Å². The Bertz CT molecular complexity index is 556. The molecule has 0 aromatic heterocycles. The standard InChI is InChI=1S/C19H26O2/c1-11-9-17-16-5-3-12-10-13(20)4-6-14(12)15(16)7-8-19(17,2)18(11)21/h10-11,16-18,21H,3-9H2,1-2H3/t11-,16-,17+,18+,19+/m1/s1. The van der Waals surface area contributed by atoms with Crippen molar-refractivity contribution in [2.45, 2.75) is 64.9 Å². The number of fused-ring (bicyclic) bond motifs is 4. The normalized spacial score (nSPS) is 45.9. The molecular formula is C19H26O2. The summed E-state index contributed by atoms with van der Waals surface area (Å²) in [6.07, 6.45) is 9.18. The van der Waals surface area contributed by atoms with Crippen molar-refractivity contribution >= 4 is 5.78 Å². The second-order valence-electron chi connectivity index (χ2n) is 8.05. The third-order valence-corrected chi connectivity index (χ3v) is 7.01.